The number of nitrogens with zero attached hydrogens (tertiary/aromatic N) is 3. The molecule has 6 nitrogen and oxygen atoms in total. The molecular formula is C17H20N4O2S3. The molecule has 0 spiro atoms. The van der Waals surface area contributed by atoms with Crippen LogP contribution in [0.1, 0.15) is 16.3 Å². The van der Waals surface area contributed by atoms with Crippen molar-refractivity contribution in [3.63, 3.8) is 0 Å². The molecule has 1 aromatic carbocycles. The molecule has 0 bridgehead atoms. The first-order chi connectivity index (χ1) is 12.7. The Kier molecular flexibility index (Phi) is 6.70. The molecule has 0 aliphatic rings. The third-order valence-corrected chi connectivity index (χ3v) is 6.42. The van der Waals surface area contributed by atoms with Gasteiger partial charge in [0.05, 0.1) is 24.9 Å². The summed E-state index contributed by atoms with van der Waals surface area (Å²) in [4.78, 5) is 4.46. The van der Waals surface area contributed by atoms with E-state index in [1.165, 1.54) is 5.56 Å². The molecule has 0 atom stereocenters. The fraction of sp³-hybridized carbons (Fsp3) is 0.353. The SMILES string of the molecule is COc1ccc(CCNc2nnc(SCc3csc(C)n3)s2)cc1OC. The van der Waals surface area contributed by atoms with Gasteiger partial charge in [0.2, 0.25) is 5.13 Å². The van der Waals surface area contributed by atoms with E-state index in [0.29, 0.717) is 0 Å². The Morgan fingerprint density at radius 3 is 2.73 bits per heavy atom. The van der Waals surface area contributed by atoms with E-state index in [9.17, 15) is 0 Å². The second-order valence-electron chi connectivity index (χ2n) is 5.39. The highest BCUT2D eigenvalue weighted by atomic mass is 32.2. The second-order valence-corrected chi connectivity index (χ2v) is 8.65. The number of benzene rings is 1. The lowest BCUT2D eigenvalue weighted by Crippen LogP contribution is -2.04. The summed E-state index contributed by atoms with van der Waals surface area (Å²) in [6.07, 6.45) is 0.862. The van der Waals surface area contributed by atoms with Crippen molar-refractivity contribution >= 4 is 39.6 Å². The second kappa shape index (κ2) is 9.20. The number of aromatic nitrogens is 3. The van der Waals surface area contributed by atoms with E-state index in [1.807, 2.05) is 25.1 Å². The number of thiazole rings is 1. The van der Waals surface area contributed by atoms with Crippen LogP contribution in [0.2, 0.25) is 0 Å². The molecule has 0 saturated carbocycles. The van der Waals surface area contributed by atoms with Crippen LogP contribution in [0.5, 0.6) is 11.5 Å². The molecule has 0 aliphatic carbocycles. The lowest BCUT2D eigenvalue weighted by atomic mass is 10.1. The van der Waals surface area contributed by atoms with Crippen LogP contribution < -0.4 is 14.8 Å². The molecule has 0 unspecified atom stereocenters. The third kappa shape index (κ3) is 5.09. The largest absolute Gasteiger partial charge is 0.493 e. The first-order valence-electron chi connectivity index (χ1n) is 8.00. The molecule has 9 heteroatoms. The quantitative estimate of drug-likeness (QED) is 0.530. The molecule has 2 aromatic heterocycles. The van der Waals surface area contributed by atoms with E-state index in [2.05, 4.69) is 25.9 Å². The van der Waals surface area contributed by atoms with Crippen LogP contribution in [-0.2, 0) is 12.2 Å². The molecule has 0 aliphatic heterocycles. The summed E-state index contributed by atoms with van der Waals surface area (Å²) in [7, 11) is 3.28. The van der Waals surface area contributed by atoms with Crippen LogP contribution in [-0.4, -0.2) is 35.9 Å². The number of aryl methyl sites for hydroxylation is 1. The fourth-order valence-electron chi connectivity index (χ4n) is 2.30. The van der Waals surface area contributed by atoms with Crippen molar-refractivity contribution in [3.8, 4) is 11.5 Å². The number of rotatable bonds is 9. The Labute approximate surface area is 165 Å². The van der Waals surface area contributed by atoms with Gasteiger partial charge < -0.3 is 14.8 Å². The lowest BCUT2D eigenvalue weighted by Gasteiger charge is -2.09. The topological polar surface area (TPSA) is 69.2 Å². The monoisotopic (exact) mass is 408 g/mol. The van der Waals surface area contributed by atoms with Crippen molar-refractivity contribution in [1.82, 2.24) is 15.2 Å². The standard InChI is InChI=1S/C17H20N4O2S3/c1-11-19-13(9-24-11)10-25-17-21-20-16(26-17)18-7-6-12-4-5-14(22-2)15(8-12)23-3/h4-5,8-9H,6-7,10H2,1-3H3,(H,18,20). The van der Waals surface area contributed by atoms with E-state index in [4.69, 9.17) is 9.47 Å². The first kappa shape index (κ1) is 18.9. The molecular weight excluding hydrogens is 388 g/mol. The van der Waals surface area contributed by atoms with Gasteiger partial charge in [-0.3, -0.25) is 0 Å². The molecule has 0 amide bonds. The number of anilines is 1. The zero-order valence-corrected chi connectivity index (χ0v) is 17.3. The minimum atomic E-state index is 0.741. The van der Waals surface area contributed by atoms with Gasteiger partial charge in [-0.2, -0.15) is 0 Å². The summed E-state index contributed by atoms with van der Waals surface area (Å²) >= 11 is 4.91. The Morgan fingerprint density at radius 2 is 2.00 bits per heavy atom. The van der Waals surface area contributed by atoms with Crippen molar-refractivity contribution in [2.75, 3.05) is 26.1 Å². The maximum Gasteiger partial charge on any atom is 0.206 e. The number of nitrogens with one attached hydrogen (secondary N) is 1. The highest BCUT2D eigenvalue weighted by Crippen LogP contribution is 2.29. The van der Waals surface area contributed by atoms with Crippen LogP contribution in [0.3, 0.4) is 0 Å². The normalized spacial score (nSPS) is 10.7. The molecule has 26 heavy (non-hydrogen) atoms. The minimum absolute atomic E-state index is 0.741. The number of hydrogen-bond donors (Lipinski definition) is 1. The summed E-state index contributed by atoms with van der Waals surface area (Å²) in [5.41, 5.74) is 2.27. The lowest BCUT2D eigenvalue weighted by molar-refractivity contribution is 0.354. The van der Waals surface area contributed by atoms with E-state index >= 15 is 0 Å². The molecule has 3 rings (SSSR count). The van der Waals surface area contributed by atoms with Gasteiger partial charge in [0.15, 0.2) is 15.8 Å². The predicted molar refractivity (Wildman–Crippen MR) is 108 cm³/mol. The third-order valence-electron chi connectivity index (χ3n) is 3.55. The molecule has 1 N–H and O–H groups in total. The van der Waals surface area contributed by atoms with Gasteiger partial charge in [0.25, 0.3) is 0 Å². The molecule has 2 heterocycles. The van der Waals surface area contributed by atoms with Gasteiger partial charge in [-0.05, 0) is 31.0 Å². The van der Waals surface area contributed by atoms with Gasteiger partial charge in [0, 0.05) is 17.7 Å². The number of ether oxygens (including phenoxy) is 2. The van der Waals surface area contributed by atoms with Crippen LogP contribution in [0, 0.1) is 6.92 Å². The maximum absolute atomic E-state index is 5.34. The van der Waals surface area contributed by atoms with Crippen LogP contribution in [0.4, 0.5) is 5.13 Å². The van der Waals surface area contributed by atoms with Crippen molar-refractivity contribution in [3.05, 3.63) is 39.8 Å². The van der Waals surface area contributed by atoms with Gasteiger partial charge in [-0.15, -0.1) is 21.5 Å². The summed E-state index contributed by atoms with van der Waals surface area (Å²) < 4.78 is 11.5. The first-order valence-corrected chi connectivity index (χ1v) is 10.7. The van der Waals surface area contributed by atoms with Crippen LogP contribution >= 0.6 is 34.4 Å². The van der Waals surface area contributed by atoms with Crippen molar-refractivity contribution in [2.45, 2.75) is 23.4 Å². The van der Waals surface area contributed by atoms with E-state index in [0.717, 1.165) is 50.4 Å². The van der Waals surface area contributed by atoms with Crippen molar-refractivity contribution in [1.29, 1.82) is 0 Å². The van der Waals surface area contributed by atoms with Gasteiger partial charge >= 0.3 is 0 Å². The highest BCUT2D eigenvalue weighted by molar-refractivity contribution is 8.00. The Morgan fingerprint density at radius 1 is 1.15 bits per heavy atom. The van der Waals surface area contributed by atoms with Crippen molar-refractivity contribution < 1.29 is 9.47 Å². The Balaban J connectivity index is 1.47. The summed E-state index contributed by atoms with van der Waals surface area (Å²) in [6.45, 7) is 2.80. The van der Waals surface area contributed by atoms with Crippen LogP contribution in [0.25, 0.3) is 0 Å². The smallest absolute Gasteiger partial charge is 0.206 e. The molecule has 0 fully saturated rings. The number of hydrogen-bond acceptors (Lipinski definition) is 9. The maximum atomic E-state index is 5.34. The van der Waals surface area contributed by atoms with E-state index in [-0.39, 0.29) is 0 Å². The summed E-state index contributed by atoms with van der Waals surface area (Å²) in [5, 5.41) is 15.8. The van der Waals surface area contributed by atoms with E-state index < -0.39 is 0 Å². The molecule has 0 radical (unpaired) electrons. The summed E-state index contributed by atoms with van der Waals surface area (Å²) in [5.74, 6) is 2.31. The average molecular weight is 409 g/mol. The van der Waals surface area contributed by atoms with Crippen LogP contribution in [0.15, 0.2) is 27.9 Å². The van der Waals surface area contributed by atoms with Gasteiger partial charge in [0.1, 0.15) is 0 Å². The Hall–Kier alpha value is -1.84. The zero-order valence-electron chi connectivity index (χ0n) is 14.8. The average Bonchev–Trinajstić information content (AvgIpc) is 3.28. The number of thioether (sulfide) groups is 1. The van der Waals surface area contributed by atoms with Gasteiger partial charge in [-0.1, -0.05) is 29.2 Å². The Bertz CT molecular complexity index is 850. The molecule has 0 saturated heterocycles. The van der Waals surface area contributed by atoms with Gasteiger partial charge in [-0.25, -0.2) is 4.98 Å². The molecule has 3 aromatic rings. The summed E-state index contributed by atoms with van der Waals surface area (Å²) in [6, 6.07) is 5.96. The predicted octanol–water partition coefficient (Wildman–Crippen LogP) is 4.27. The zero-order chi connectivity index (χ0) is 18.4. The minimum Gasteiger partial charge on any atom is -0.493 e. The highest BCUT2D eigenvalue weighted by Gasteiger charge is 2.08. The van der Waals surface area contributed by atoms with Crippen molar-refractivity contribution in [2.24, 2.45) is 0 Å². The van der Waals surface area contributed by atoms with E-state index in [1.54, 1.807) is 48.7 Å². The number of methoxy groups -OCH3 is 2. The molecule has 138 valence electrons. The fourth-order valence-corrected chi connectivity index (χ4v) is 4.69.